The second-order valence-electron chi connectivity index (χ2n) is 4.25. The van der Waals surface area contributed by atoms with Crippen molar-refractivity contribution < 1.29 is 9.90 Å². The number of carbonyl (C=O) groups excluding carboxylic acids is 1. The van der Waals surface area contributed by atoms with Crippen LogP contribution in [0.2, 0.25) is 0 Å². The fraction of sp³-hybridized carbons (Fsp3) is 0.467. The maximum absolute atomic E-state index is 12.0. The molecule has 0 aromatic carbocycles. The van der Waals surface area contributed by atoms with Crippen LogP contribution in [0.15, 0.2) is 18.3 Å². The van der Waals surface area contributed by atoms with Crippen LogP contribution in [0.1, 0.15) is 36.3 Å². The predicted octanol–water partition coefficient (Wildman–Crippen LogP) is 1.69. The van der Waals surface area contributed by atoms with Crippen molar-refractivity contribution in [3.63, 3.8) is 0 Å². The molecule has 1 unspecified atom stereocenters. The van der Waals surface area contributed by atoms with E-state index in [0.29, 0.717) is 11.3 Å². The molecule has 0 spiro atoms. The van der Waals surface area contributed by atoms with Crippen molar-refractivity contribution in [3.05, 3.63) is 29.6 Å². The van der Waals surface area contributed by atoms with E-state index in [1.807, 2.05) is 18.7 Å². The van der Waals surface area contributed by atoms with Gasteiger partial charge in [0.15, 0.2) is 0 Å². The summed E-state index contributed by atoms with van der Waals surface area (Å²) in [5.74, 6) is 7.25. The topological polar surface area (TPSA) is 62.2 Å². The maximum atomic E-state index is 12.0. The molecule has 0 saturated heterocycles. The standard InChI is InChI=1S/C15H20N2O2S/c1-3-20-10-8-12(2)17-15(19)14-7-6-13(11-16-14)5-4-9-18/h6-7,11-12,18H,3,8-10H2,1-2H3,(H,17,19). The molecule has 20 heavy (non-hydrogen) atoms. The smallest absolute Gasteiger partial charge is 0.270 e. The fourth-order valence-corrected chi connectivity index (χ4v) is 2.33. The monoisotopic (exact) mass is 292 g/mol. The summed E-state index contributed by atoms with van der Waals surface area (Å²) in [4.78, 5) is 16.0. The van der Waals surface area contributed by atoms with E-state index < -0.39 is 0 Å². The Morgan fingerprint density at radius 1 is 1.55 bits per heavy atom. The van der Waals surface area contributed by atoms with E-state index in [9.17, 15) is 4.79 Å². The van der Waals surface area contributed by atoms with Crippen LogP contribution >= 0.6 is 11.8 Å². The third-order valence-corrected chi connectivity index (χ3v) is 3.52. The Bertz CT molecular complexity index is 477. The molecule has 0 aliphatic carbocycles. The third-order valence-electron chi connectivity index (χ3n) is 2.58. The third kappa shape index (κ3) is 6.09. The molecular formula is C15H20N2O2S. The van der Waals surface area contributed by atoms with Gasteiger partial charge in [-0.3, -0.25) is 4.79 Å². The Labute approximate surface area is 124 Å². The van der Waals surface area contributed by atoms with Crippen LogP contribution in [0.4, 0.5) is 0 Å². The predicted molar refractivity (Wildman–Crippen MR) is 82.7 cm³/mol. The van der Waals surface area contributed by atoms with Gasteiger partial charge in [-0.05, 0) is 37.0 Å². The van der Waals surface area contributed by atoms with Crippen molar-refractivity contribution in [3.8, 4) is 11.8 Å². The maximum Gasteiger partial charge on any atom is 0.270 e. The van der Waals surface area contributed by atoms with Crippen molar-refractivity contribution in [1.82, 2.24) is 10.3 Å². The Morgan fingerprint density at radius 3 is 2.95 bits per heavy atom. The molecule has 0 aliphatic heterocycles. The van der Waals surface area contributed by atoms with Gasteiger partial charge in [-0.2, -0.15) is 11.8 Å². The summed E-state index contributed by atoms with van der Waals surface area (Å²) in [6, 6.07) is 3.50. The molecule has 0 fully saturated rings. The van der Waals surface area contributed by atoms with Gasteiger partial charge in [0.05, 0.1) is 0 Å². The zero-order valence-electron chi connectivity index (χ0n) is 11.8. The molecule has 1 heterocycles. The second-order valence-corrected chi connectivity index (χ2v) is 5.65. The average Bonchev–Trinajstić information content (AvgIpc) is 2.46. The SMILES string of the molecule is CCSCCC(C)NC(=O)c1ccc(C#CCO)cn1. The number of aliphatic hydroxyl groups excluding tert-OH is 1. The number of pyridine rings is 1. The highest BCUT2D eigenvalue weighted by Crippen LogP contribution is 2.05. The van der Waals surface area contributed by atoms with E-state index in [2.05, 4.69) is 29.1 Å². The minimum atomic E-state index is -0.185. The first-order chi connectivity index (χ1) is 9.67. The summed E-state index contributed by atoms with van der Waals surface area (Å²) >= 11 is 1.87. The van der Waals surface area contributed by atoms with E-state index >= 15 is 0 Å². The number of hydrogen-bond donors (Lipinski definition) is 2. The van der Waals surface area contributed by atoms with Crippen molar-refractivity contribution in [1.29, 1.82) is 0 Å². The number of nitrogens with one attached hydrogen (secondary N) is 1. The molecule has 1 rings (SSSR count). The van der Waals surface area contributed by atoms with E-state index in [1.165, 1.54) is 6.20 Å². The van der Waals surface area contributed by atoms with Crippen LogP contribution in [0.5, 0.6) is 0 Å². The van der Waals surface area contributed by atoms with E-state index in [-0.39, 0.29) is 18.6 Å². The minimum Gasteiger partial charge on any atom is -0.384 e. The van der Waals surface area contributed by atoms with Crippen molar-refractivity contribution in [2.45, 2.75) is 26.3 Å². The van der Waals surface area contributed by atoms with Crippen molar-refractivity contribution in [2.24, 2.45) is 0 Å². The van der Waals surface area contributed by atoms with Gasteiger partial charge in [-0.15, -0.1) is 0 Å². The zero-order valence-corrected chi connectivity index (χ0v) is 12.7. The summed E-state index contributed by atoms with van der Waals surface area (Å²) in [5, 5.41) is 11.5. The molecule has 1 atom stereocenters. The van der Waals surface area contributed by atoms with Gasteiger partial charge in [0.25, 0.3) is 5.91 Å². The molecule has 0 saturated carbocycles. The lowest BCUT2D eigenvalue weighted by Crippen LogP contribution is -2.33. The molecule has 1 amide bonds. The van der Waals surface area contributed by atoms with Crippen LogP contribution in [0, 0.1) is 11.8 Å². The number of rotatable bonds is 6. The first kappa shape index (κ1) is 16.5. The van der Waals surface area contributed by atoms with Gasteiger partial charge in [-0.1, -0.05) is 18.8 Å². The summed E-state index contributed by atoms with van der Waals surface area (Å²) in [6.45, 7) is 3.93. The molecule has 2 N–H and O–H groups in total. The Kier molecular flexibility index (Phi) is 7.78. The number of amides is 1. The fourth-order valence-electron chi connectivity index (χ4n) is 1.52. The van der Waals surface area contributed by atoms with E-state index in [4.69, 9.17) is 5.11 Å². The van der Waals surface area contributed by atoms with Crippen molar-refractivity contribution in [2.75, 3.05) is 18.1 Å². The van der Waals surface area contributed by atoms with Gasteiger partial charge in [0.1, 0.15) is 12.3 Å². The first-order valence-electron chi connectivity index (χ1n) is 6.61. The molecule has 0 aliphatic rings. The lowest BCUT2D eigenvalue weighted by Gasteiger charge is -2.12. The lowest BCUT2D eigenvalue weighted by atomic mass is 10.2. The average molecular weight is 292 g/mol. The van der Waals surface area contributed by atoms with Crippen LogP contribution in [-0.4, -0.2) is 40.2 Å². The Hall–Kier alpha value is -1.51. The van der Waals surface area contributed by atoms with E-state index in [1.54, 1.807) is 12.1 Å². The number of aromatic nitrogens is 1. The highest BCUT2D eigenvalue weighted by atomic mass is 32.2. The molecule has 1 aromatic heterocycles. The summed E-state index contributed by atoms with van der Waals surface area (Å²) < 4.78 is 0. The van der Waals surface area contributed by atoms with Gasteiger partial charge < -0.3 is 10.4 Å². The first-order valence-corrected chi connectivity index (χ1v) is 7.77. The lowest BCUT2D eigenvalue weighted by molar-refractivity contribution is 0.0934. The molecule has 0 bridgehead atoms. The number of nitrogens with zero attached hydrogens (tertiary/aromatic N) is 1. The molecule has 5 heteroatoms. The van der Waals surface area contributed by atoms with Gasteiger partial charge in [0, 0.05) is 17.8 Å². The van der Waals surface area contributed by atoms with Crippen LogP contribution < -0.4 is 5.32 Å². The molecule has 4 nitrogen and oxygen atoms in total. The molecular weight excluding hydrogens is 272 g/mol. The van der Waals surface area contributed by atoms with Gasteiger partial charge in [-0.25, -0.2) is 4.98 Å². The normalized spacial score (nSPS) is 11.3. The number of carbonyl (C=O) groups is 1. The molecule has 108 valence electrons. The minimum absolute atomic E-state index is 0.136. The summed E-state index contributed by atoms with van der Waals surface area (Å²) in [5.41, 5.74) is 1.07. The van der Waals surface area contributed by atoms with Gasteiger partial charge in [0.2, 0.25) is 0 Å². The van der Waals surface area contributed by atoms with Crippen LogP contribution in [0.3, 0.4) is 0 Å². The zero-order chi connectivity index (χ0) is 14.8. The Morgan fingerprint density at radius 2 is 2.35 bits per heavy atom. The summed E-state index contributed by atoms with van der Waals surface area (Å²) in [7, 11) is 0. The molecule has 1 aromatic rings. The number of aliphatic hydroxyl groups is 1. The number of hydrogen-bond acceptors (Lipinski definition) is 4. The van der Waals surface area contributed by atoms with E-state index in [0.717, 1.165) is 17.9 Å². The van der Waals surface area contributed by atoms with Crippen molar-refractivity contribution >= 4 is 17.7 Å². The van der Waals surface area contributed by atoms with Crippen LogP contribution in [-0.2, 0) is 0 Å². The second kappa shape index (κ2) is 9.40. The highest BCUT2D eigenvalue weighted by Gasteiger charge is 2.10. The Balaban J connectivity index is 2.50. The largest absolute Gasteiger partial charge is 0.384 e. The number of thioether (sulfide) groups is 1. The molecule has 0 radical (unpaired) electrons. The van der Waals surface area contributed by atoms with Gasteiger partial charge >= 0.3 is 0 Å². The summed E-state index contributed by atoms with van der Waals surface area (Å²) in [6.07, 6.45) is 2.49. The highest BCUT2D eigenvalue weighted by molar-refractivity contribution is 7.99. The quantitative estimate of drug-likeness (QED) is 0.619. The van der Waals surface area contributed by atoms with Crippen LogP contribution in [0.25, 0.3) is 0 Å².